The molecule has 1 aromatic carbocycles. The molecule has 136 valence electrons. The number of likely N-dealkylation sites (N-methyl/N-ethyl adjacent to an activating group) is 1. The predicted octanol–water partition coefficient (Wildman–Crippen LogP) is 0.929. The van der Waals surface area contributed by atoms with Gasteiger partial charge in [0.1, 0.15) is 0 Å². The van der Waals surface area contributed by atoms with Gasteiger partial charge in [0.25, 0.3) is 5.91 Å². The number of nitrogens with two attached hydrogens (primary N) is 1. The molecule has 0 saturated heterocycles. The first-order chi connectivity index (χ1) is 10.4. The lowest BCUT2D eigenvalue weighted by molar-refractivity contribution is -0.123. The van der Waals surface area contributed by atoms with Crippen molar-refractivity contribution in [2.24, 2.45) is 5.73 Å². The summed E-state index contributed by atoms with van der Waals surface area (Å²) in [5, 5.41) is 5.69. The Bertz CT molecular complexity index is 563. The second-order valence-corrected chi connectivity index (χ2v) is 6.10. The van der Waals surface area contributed by atoms with Gasteiger partial charge in [-0.25, -0.2) is 0 Å². The molecular formula is C16H26Cl2N4O2. The van der Waals surface area contributed by atoms with Gasteiger partial charge in [-0.05, 0) is 44.6 Å². The molecule has 1 saturated carbocycles. The Morgan fingerprint density at radius 2 is 1.88 bits per heavy atom. The maximum Gasteiger partial charge on any atom is 0.251 e. The van der Waals surface area contributed by atoms with Crippen molar-refractivity contribution >= 4 is 36.6 Å². The van der Waals surface area contributed by atoms with Crippen molar-refractivity contribution < 1.29 is 9.59 Å². The Kier molecular flexibility index (Phi) is 9.29. The summed E-state index contributed by atoms with van der Waals surface area (Å²) < 4.78 is 0. The van der Waals surface area contributed by atoms with Crippen LogP contribution in [0.1, 0.15) is 28.8 Å². The maximum atomic E-state index is 12.0. The lowest BCUT2D eigenvalue weighted by Crippen LogP contribution is -2.42. The molecule has 4 N–H and O–H groups in total. The third-order valence-electron chi connectivity index (χ3n) is 3.73. The monoisotopic (exact) mass is 376 g/mol. The number of hydrogen-bond donors (Lipinski definition) is 3. The average Bonchev–Trinajstić information content (AvgIpc) is 3.23. The molecule has 24 heavy (non-hydrogen) atoms. The molecule has 1 aliphatic carbocycles. The van der Waals surface area contributed by atoms with E-state index in [9.17, 15) is 9.59 Å². The lowest BCUT2D eigenvalue weighted by atomic mass is 10.1. The molecule has 0 aromatic heterocycles. The molecule has 0 unspecified atom stereocenters. The van der Waals surface area contributed by atoms with Gasteiger partial charge in [0.15, 0.2) is 0 Å². The van der Waals surface area contributed by atoms with Crippen LogP contribution >= 0.6 is 24.8 Å². The standard InChI is InChI=1S/C16H24N4O2.2ClH/c1-20(2)9-8-18-14(21)13-5-3-4-12(10-13)11-19-15(22)16(17)6-7-16;;/h3-5,10H,6-9,11,17H2,1-2H3,(H,18,21)(H,19,22);2*1H. The van der Waals surface area contributed by atoms with Crippen LogP contribution in [0, 0.1) is 0 Å². The van der Waals surface area contributed by atoms with Crippen molar-refractivity contribution in [1.29, 1.82) is 0 Å². The molecule has 2 rings (SSSR count). The maximum absolute atomic E-state index is 12.0. The minimum atomic E-state index is -0.666. The fourth-order valence-corrected chi connectivity index (χ4v) is 2.04. The van der Waals surface area contributed by atoms with Gasteiger partial charge in [0.05, 0.1) is 5.54 Å². The number of rotatable bonds is 7. The van der Waals surface area contributed by atoms with Crippen LogP contribution in [0.25, 0.3) is 0 Å². The van der Waals surface area contributed by atoms with Crippen molar-refractivity contribution in [3.8, 4) is 0 Å². The third-order valence-corrected chi connectivity index (χ3v) is 3.73. The highest BCUT2D eigenvalue weighted by molar-refractivity contribution is 5.94. The molecule has 8 heteroatoms. The van der Waals surface area contributed by atoms with Gasteiger partial charge < -0.3 is 21.3 Å². The largest absolute Gasteiger partial charge is 0.351 e. The predicted molar refractivity (Wildman–Crippen MR) is 99.8 cm³/mol. The summed E-state index contributed by atoms with van der Waals surface area (Å²) in [5.41, 5.74) is 6.65. The normalized spacial score (nSPS) is 14.2. The summed E-state index contributed by atoms with van der Waals surface area (Å²) in [6, 6.07) is 7.26. The fraction of sp³-hybridized carbons (Fsp3) is 0.500. The molecule has 0 bridgehead atoms. The van der Waals surface area contributed by atoms with Crippen LogP contribution in [-0.4, -0.2) is 49.4 Å². The smallest absolute Gasteiger partial charge is 0.251 e. The molecule has 0 aliphatic heterocycles. The number of nitrogens with zero attached hydrogens (tertiary/aromatic N) is 1. The summed E-state index contributed by atoms with van der Waals surface area (Å²) >= 11 is 0. The molecule has 0 heterocycles. The van der Waals surface area contributed by atoms with E-state index in [1.807, 2.05) is 31.1 Å². The minimum Gasteiger partial charge on any atom is -0.351 e. The summed E-state index contributed by atoms with van der Waals surface area (Å²) in [7, 11) is 3.92. The van der Waals surface area contributed by atoms with Crippen LogP contribution in [0.3, 0.4) is 0 Å². The van der Waals surface area contributed by atoms with Crippen molar-refractivity contribution in [3.05, 3.63) is 35.4 Å². The molecule has 1 fully saturated rings. The van der Waals surface area contributed by atoms with Gasteiger partial charge in [0.2, 0.25) is 5.91 Å². The molecule has 0 radical (unpaired) electrons. The first-order valence-corrected chi connectivity index (χ1v) is 7.50. The van der Waals surface area contributed by atoms with E-state index in [1.165, 1.54) is 0 Å². The van der Waals surface area contributed by atoms with Gasteiger partial charge in [-0.1, -0.05) is 12.1 Å². The van der Waals surface area contributed by atoms with E-state index < -0.39 is 5.54 Å². The average molecular weight is 377 g/mol. The van der Waals surface area contributed by atoms with E-state index in [0.29, 0.717) is 18.7 Å². The number of nitrogens with one attached hydrogen (secondary N) is 2. The number of carbonyl (C=O) groups excluding carboxylic acids is 2. The van der Waals surface area contributed by atoms with Crippen molar-refractivity contribution in [2.45, 2.75) is 24.9 Å². The van der Waals surface area contributed by atoms with E-state index in [-0.39, 0.29) is 36.6 Å². The summed E-state index contributed by atoms with van der Waals surface area (Å²) in [6.45, 7) is 1.78. The molecule has 1 aliphatic rings. The number of carbonyl (C=O) groups is 2. The van der Waals surface area contributed by atoms with Crippen molar-refractivity contribution in [2.75, 3.05) is 27.2 Å². The highest BCUT2D eigenvalue weighted by Gasteiger charge is 2.45. The number of amides is 2. The van der Waals surface area contributed by atoms with Crippen LogP contribution in [0.5, 0.6) is 0 Å². The summed E-state index contributed by atoms with van der Waals surface area (Å²) in [4.78, 5) is 25.9. The van der Waals surface area contributed by atoms with Crippen molar-refractivity contribution in [1.82, 2.24) is 15.5 Å². The number of benzene rings is 1. The second-order valence-electron chi connectivity index (χ2n) is 6.10. The number of hydrogen-bond acceptors (Lipinski definition) is 4. The topological polar surface area (TPSA) is 87.5 Å². The van der Waals surface area contributed by atoms with Gasteiger partial charge in [-0.3, -0.25) is 9.59 Å². The second kappa shape index (κ2) is 9.84. The Morgan fingerprint density at radius 3 is 2.46 bits per heavy atom. The van der Waals surface area contributed by atoms with Gasteiger partial charge in [-0.2, -0.15) is 0 Å². The van der Waals surface area contributed by atoms with E-state index in [4.69, 9.17) is 5.73 Å². The van der Waals surface area contributed by atoms with E-state index >= 15 is 0 Å². The molecule has 0 spiro atoms. The third kappa shape index (κ3) is 6.65. The molecular weight excluding hydrogens is 351 g/mol. The highest BCUT2D eigenvalue weighted by atomic mass is 35.5. The van der Waals surface area contributed by atoms with Gasteiger partial charge >= 0.3 is 0 Å². The molecule has 6 nitrogen and oxygen atoms in total. The fourth-order valence-electron chi connectivity index (χ4n) is 2.04. The first kappa shape index (κ1) is 22.7. The van der Waals surface area contributed by atoms with E-state index in [1.54, 1.807) is 12.1 Å². The highest BCUT2D eigenvalue weighted by Crippen LogP contribution is 2.32. The Labute approximate surface area is 155 Å². The van der Waals surface area contributed by atoms with Crippen molar-refractivity contribution in [3.63, 3.8) is 0 Å². The lowest BCUT2D eigenvalue weighted by Gasteiger charge is -2.12. The summed E-state index contributed by atoms with van der Waals surface area (Å²) in [6.07, 6.45) is 1.49. The Hall–Kier alpha value is -1.34. The van der Waals surface area contributed by atoms with Crippen LogP contribution in [0.2, 0.25) is 0 Å². The Balaban J connectivity index is 0.00000264. The zero-order chi connectivity index (χ0) is 16.2. The summed E-state index contributed by atoms with van der Waals surface area (Å²) in [5.74, 6) is -0.221. The SMILES string of the molecule is CN(C)CCNC(=O)c1cccc(CNC(=O)C2(N)CC2)c1.Cl.Cl. The molecule has 2 amide bonds. The Morgan fingerprint density at radius 1 is 1.21 bits per heavy atom. The molecule has 1 aromatic rings. The van der Waals surface area contributed by atoms with Crippen LogP contribution in [0.4, 0.5) is 0 Å². The van der Waals surface area contributed by atoms with Gasteiger partial charge in [-0.15, -0.1) is 24.8 Å². The van der Waals surface area contributed by atoms with E-state index in [2.05, 4.69) is 10.6 Å². The van der Waals surface area contributed by atoms with E-state index in [0.717, 1.165) is 24.9 Å². The minimum absolute atomic E-state index is 0. The van der Waals surface area contributed by atoms with Gasteiger partial charge in [0, 0.05) is 25.2 Å². The molecule has 0 atom stereocenters. The quantitative estimate of drug-likeness (QED) is 0.660. The first-order valence-electron chi connectivity index (χ1n) is 7.50. The number of halogens is 2. The zero-order valence-corrected chi connectivity index (χ0v) is 15.6. The zero-order valence-electron chi connectivity index (χ0n) is 14.0. The van der Waals surface area contributed by atoms with Crippen LogP contribution in [0.15, 0.2) is 24.3 Å². The van der Waals surface area contributed by atoms with Crippen LogP contribution in [-0.2, 0) is 11.3 Å². The van der Waals surface area contributed by atoms with Crippen LogP contribution < -0.4 is 16.4 Å².